The number of nitrogens with one attached hydrogen (secondary N) is 2. The number of methoxy groups -OCH3 is 1. The minimum absolute atomic E-state index is 0.675. The number of aromatic nitrogens is 1. The highest BCUT2D eigenvalue weighted by atomic mass is 32.1. The van der Waals surface area contributed by atoms with Gasteiger partial charge in [0.15, 0.2) is 5.96 Å². The molecule has 1 aromatic carbocycles. The minimum Gasteiger partial charge on any atom is -0.496 e. The van der Waals surface area contributed by atoms with Crippen LogP contribution in [0.2, 0.25) is 0 Å². The Kier molecular flexibility index (Phi) is 7.06. The lowest BCUT2D eigenvalue weighted by molar-refractivity contribution is 0.408. The molecule has 0 fully saturated rings. The number of aryl methyl sites for hydroxylation is 3. The third-order valence-corrected chi connectivity index (χ3v) is 4.67. The van der Waals surface area contributed by atoms with Crippen LogP contribution >= 0.6 is 11.3 Å². The molecule has 2 N–H and O–H groups in total. The van der Waals surface area contributed by atoms with Gasteiger partial charge in [-0.1, -0.05) is 12.1 Å². The van der Waals surface area contributed by atoms with Crippen LogP contribution in [0.4, 0.5) is 0 Å². The molecule has 1 aromatic heterocycles. The SMILES string of the molecule is CN=C(NCCCc1nc(C)cs1)NCc1ccc(C)cc1OC. The summed E-state index contributed by atoms with van der Waals surface area (Å²) < 4.78 is 5.44. The molecule has 0 atom stereocenters. The van der Waals surface area contributed by atoms with Gasteiger partial charge in [-0.15, -0.1) is 11.3 Å². The van der Waals surface area contributed by atoms with Crippen molar-refractivity contribution in [1.29, 1.82) is 0 Å². The molecular formula is C18H26N4OS. The molecule has 0 radical (unpaired) electrons. The molecule has 24 heavy (non-hydrogen) atoms. The van der Waals surface area contributed by atoms with Crippen LogP contribution in [-0.2, 0) is 13.0 Å². The molecule has 6 heteroatoms. The molecule has 0 saturated carbocycles. The van der Waals surface area contributed by atoms with Gasteiger partial charge in [0.2, 0.25) is 0 Å². The predicted octanol–water partition coefficient (Wildman–Crippen LogP) is 3.07. The van der Waals surface area contributed by atoms with E-state index in [-0.39, 0.29) is 0 Å². The van der Waals surface area contributed by atoms with Gasteiger partial charge in [-0.25, -0.2) is 4.98 Å². The Morgan fingerprint density at radius 1 is 1.29 bits per heavy atom. The summed E-state index contributed by atoms with van der Waals surface area (Å²) >= 11 is 1.73. The number of hydrogen-bond acceptors (Lipinski definition) is 4. The molecule has 130 valence electrons. The van der Waals surface area contributed by atoms with Crippen LogP contribution in [0.3, 0.4) is 0 Å². The fourth-order valence-corrected chi connectivity index (χ4v) is 3.18. The number of aliphatic imine (C=N–C) groups is 1. The summed E-state index contributed by atoms with van der Waals surface area (Å²) in [6.07, 6.45) is 2.02. The van der Waals surface area contributed by atoms with Crippen molar-refractivity contribution in [2.24, 2.45) is 4.99 Å². The van der Waals surface area contributed by atoms with E-state index in [9.17, 15) is 0 Å². The van der Waals surface area contributed by atoms with Gasteiger partial charge in [-0.2, -0.15) is 0 Å². The number of hydrogen-bond donors (Lipinski definition) is 2. The lowest BCUT2D eigenvalue weighted by Crippen LogP contribution is -2.37. The number of guanidine groups is 1. The molecule has 0 unspecified atom stereocenters. The van der Waals surface area contributed by atoms with Crippen molar-refractivity contribution in [2.45, 2.75) is 33.2 Å². The first kappa shape index (κ1) is 18.3. The average molecular weight is 347 g/mol. The Labute approximate surface area is 148 Å². The number of rotatable bonds is 7. The quantitative estimate of drug-likeness (QED) is 0.460. The van der Waals surface area contributed by atoms with Gasteiger partial charge in [-0.3, -0.25) is 4.99 Å². The summed E-state index contributed by atoms with van der Waals surface area (Å²) in [6.45, 7) is 5.63. The van der Waals surface area contributed by atoms with E-state index in [0.717, 1.165) is 42.4 Å². The number of benzene rings is 1. The van der Waals surface area contributed by atoms with E-state index < -0.39 is 0 Å². The smallest absolute Gasteiger partial charge is 0.191 e. The van der Waals surface area contributed by atoms with Crippen LogP contribution in [0, 0.1) is 13.8 Å². The molecule has 0 spiro atoms. The zero-order valence-corrected chi connectivity index (χ0v) is 15.7. The van der Waals surface area contributed by atoms with Gasteiger partial charge < -0.3 is 15.4 Å². The van der Waals surface area contributed by atoms with E-state index in [1.165, 1.54) is 10.6 Å². The van der Waals surface area contributed by atoms with Crippen molar-refractivity contribution in [3.63, 3.8) is 0 Å². The topological polar surface area (TPSA) is 58.5 Å². The van der Waals surface area contributed by atoms with E-state index in [1.807, 2.05) is 13.0 Å². The maximum absolute atomic E-state index is 5.44. The van der Waals surface area contributed by atoms with Crippen molar-refractivity contribution < 1.29 is 4.74 Å². The molecule has 0 aliphatic rings. The van der Waals surface area contributed by atoms with Crippen LogP contribution in [0.5, 0.6) is 5.75 Å². The van der Waals surface area contributed by atoms with Crippen LogP contribution in [0.1, 0.15) is 28.2 Å². The zero-order valence-electron chi connectivity index (χ0n) is 14.8. The predicted molar refractivity (Wildman–Crippen MR) is 101 cm³/mol. The number of thiazole rings is 1. The summed E-state index contributed by atoms with van der Waals surface area (Å²) in [7, 11) is 3.48. The Morgan fingerprint density at radius 2 is 2.12 bits per heavy atom. The van der Waals surface area contributed by atoms with Gasteiger partial charge in [0.05, 0.1) is 12.1 Å². The van der Waals surface area contributed by atoms with Crippen molar-refractivity contribution in [3.05, 3.63) is 45.4 Å². The van der Waals surface area contributed by atoms with Crippen LogP contribution in [0.15, 0.2) is 28.6 Å². The zero-order chi connectivity index (χ0) is 17.4. The first-order valence-corrected chi connectivity index (χ1v) is 8.99. The van der Waals surface area contributed by atoms with E-state index in [0.29, 0.717) is 6.54 Å². The highest BCUT2D eigenvalue weighted by Gasteiger charge is 2.05. The Bertz CT molecular complexity index is 681. The van der Waals surface area contributed by atoms with Crippen LogP contribution < -0.4 is 15.4 Å². The minimum atomic E-state index is 0.675. The molecule has 5 nitrogen and oxygen atoms in total. The summed E-state index contributed by atoms with van der Waals surface area (Å²) in [4.78, 5) is 8.75. The van der Waals surface area contributed by atoms with Gasteiger partial charge in [0.1, 0.15) is 5.75 Å². The molecular weight excluding hydrogens is 320 g/mol. The molecule has 1 heterocycles. The van der Waals surface area contributed by atoms with Crippen molar-refractivity contribution in [1.82, 2.24) is 15.6 Å². The molecule has 0 saturated heterocycles. The fourth-order valence-electron chi connectivity index (χ4n) is 2.36. The summed E-state index contributed by atoms with van der Waals surface area (Å²) in [5.74, 6) is 1.70. The van der Waals surface area contributed by atoms with Crippen molar-refractivity contribution in [3.8, 4) is 5.75 Å². The highest BCUT2D eigenvalue weighted by Crippen LogP contribution is 2.19. The van der Waals surface area contributed by atoms with Crippen molar-refractivity contribution >= 4 is 17.3 Å². The van der Waals surface area contributed by atoms with Crippen LogP contribution in [0.25, 0.3) is 0 Å². The Balaban J connectivity index is 1.76. The molecule has 2 rings (SSSR count). The molecule has 0 aliphatic carbocycles. The van der Waals surface area contributed by atoms with E-state index >= 15 is 0 Å². The average Bonchev–Trinajstić information content (AvgIpc) is 3.00. The molecule has 0 bridgehead atoms. The van der Waals surface area contributed by atoms with Gasteiger partial charge in [0.25, 0.3) is 0 Å². The second-order valence-corrected chi connectivity index (χ2v) is 6.60. The number of nitrogens with zero attached hydrogens (tertiary/aromatic N) is 2. The lowest BCUT2D eigenvalue weighted by Gasteiger charge is -2.14. The standard InChI is InChI=1S/C18H26N4OS/c1-13-7-8-15(16(10-13)23-4)11-21-18(19-3)20-9-5-6-17-22-14(2)12-24-17/h7-8,10,12H,5-6,9,11H2,1-4H3,(H2,19,20,21). The summed E-state index contributed by atoms with van der Waals surface area (Å²) in [6, 6.07) is 6.22. The first-order valence-electron chi connectivity index (χ1n) is 8.11. The third-order valence-electron chi connectivity index (χ3n) is 3.64. The van der Waals surface area contributed by atoms with Gasteiger partial charge >= 0.3 is 0 Å². The third kappa shape index (κ3) is 5.53. The maximum atomic E-state index is 5.44. The molecule has 0 amide bonds. The van der Waals surface area contributed by atoms with E-state index in [1.54, 1.807) is 25.5 Å². The lowest BCUT2D eigenvalue weighted by atomic mass is 10.1. The van der Waals surface area contributed by atoms with Gasteiger partial charge in [-0.05, 0) is 31.9 Å². The summed E-state index contributed by atoms with van der Waals surface area (Å²) in [5, 5.41) is 9.96. The van der Waals surface area contributed by atoms with E-state index in [2.05, 4.69) is 45.0 Å². The maximum Gasteiger partial charge on any atom is 0.191 e. The van der Waals surface area contributed by atoms with Crippen molar-refractivity contribution in [2.75, 3.05) is 20.7 Å². The largest absolute Gasteiger partial charge is 0.496 e. The normalized spacial score (nSPS) is 11.4. The molecule has 2 aromatic rings. The highest BCUT2D eigenvalue weighted by molar-refractivity contribution is 7.09. The van der Waals surface area contributed by atoms with E-state index in [4.69, 9.17) is 4.74 Å². The second-order valence-electron chi connectivity index (χ2n) is 5.65. The molecule has 0 aliphatic heterocycles. The Hall–Kier alpha value is -2.08. The number of ether oxygens (including phenoxy) is 1. The monoisotopic (exact) mass is 346 g/mol. The second kappa shape index (κ2) is 9.27. The summed E-state index contributed by atoms with van der Waals surface area (Å²) in [5.41, 5.74) is 3.41. The Morgan fingerprint density at radius 3 is 2.79 bits per heavy atom. The van der Waals surface area contributed by atoms with Gasteiger partial charge in [0, 0.05) is 43.2 Å². The fraction of sp³-hybridized carbons (Fsp3) is 0.444. The van der Waals surface area contributed by atoms with Crippen LogP contribution in [-0.4, -0.2) is 31.6 Å². The first-order chi connectivity index (χ1) is 11.6.